The number of nitrogens with two attached hydrogens (primary N) is 1. The largest absolute Gasteiger partial charge is 0.334 e. The molecule has 0 aliphatic carbocycles. The fourth-order valence-corrected chi connectivity index (χ4v) is 4.36. The quantitative estimate of drug-likeness (QED) is 0.838. The number of nitrogens with zero attached hydrogens (tertiary/aromatic N) is 1. The summed E-state index contributed by atoms with van der Waals surface area (Å²) in [5, 5.41) is 7.77. The Kier molecular flexibility index (Phi) is 5.68. The minimum atomic E-state index is -3.92. The van der Waals surface area contributed by atoms with Crippen LogP contribution in [-0.2, 0) is 16.6 Å². The van der Waals surface area contributed by atoms with Crippen molar-refractivity contribution in [1.82, 2.24) is 10.2 Å². The number of sulfonamides is 1. The lowest BCUT2D eigenvalue weighted by Crippen LogP contribution is -2.43. The lowest BCUT2D eigenvalue weighted by Gasteiger charge is -2.32. The SMILES string of the molecule is CC1(C)CCN(C(=O)NCc2cc(S(N)(=O)=O)ccc2F)CC(C)(C)C1. The second kappa shape index (κ2) is 7.15. The summed E-state index contributed by atoms with van der Waals surface area (Å²) < 4.78 is 36.8. The van der Waals surface area contributed by atoms with Gasteiger partial charge in [-0.2, -0.15) is 0 Å². The number of primary sulfonamides is 1. The summed E-state index contributed by atoms with van der Waals surface area (Å²) in [6.45, 7) is 9.80. The molecule has 0 aromatic heterocycles. The molecular formula is C18H28FN3O3S. The van der Waals surface area contributed by atoms with Gasteiger partial charge in [0.05, 0.1) is 4.90 Å². The number of hydrogen-bond acceptors (Lipinski definition) is 3. The third-order valence-corrected chi connectivity index (χ3v) is 5.61. The van der Waals surface area contributed by atoms with Gasteiger partial charge >= 0.3 is 6.03 Å². The lowest BCUT2D eigenvalue weighted by molar-refractivity contribution is 0.169. The maximum Gasteiger partial charge on any atom is 0.317 e. The zero-order valence-electron chi connectivity index (χ0n) is 15.8. The van der Waals surface area contributed by atoms with Gasteiger partial charge in [0.25, 0.3) is 0 Å². The number of rotatable bonds is 3. The highest BCUT2D eigenvalue weighted by atomic mass is 32.2. The van der Waals surface area contributed by atoms with Crippen LogP contribution in [0.3, 0.4) is 0 Å². The molecule has 0 saturated carbocycles. The Labute approximate surface area is 155 Å². The first-order valence-electron chi connectivity index (χ1n) is 8.63. The van der Waals surface area contributed by atoms with Gasteiger partial charge in [0.1, 0.15) is 5.82 Å². The van der Waals surface area contributed by atoms with Crippen molar-refractivity contribution in [3.63, 3.8) is 0 Å². The lowest BCUT2D eigenvalue weighted by atomic mass is 9.75. The van der Waals surface area contributed by atoms with Gasteiger partial charge < -0.3 is 10.2 Å². The molecule has 0 atom stereocenters. The van der Waals surface area contributed by atoms with Gasteiger partial charge in [-0.3, -0.25) is 0 Å². The van der Waals surface area contributed by atoms with E-state index in [4.69, 9.17) is 5.14 Å². The van der Waals surface area contributed by atoms with Crippen LogP contribution >= 0.6 is 0 Å². The topological polar surface area (TPSA) is 92.5 Å². The van der Waals surface area contributed by atoms with Crippen LogP contribution in [0.5, 0.6) is 0 Å². The Hall–Kier alpha value is -1.67. The number of amides is 2. The van der Waals surface area contributed by atoms with Crippen molar-refractivity contribution < 1.29 is 17.6 Å². The summed E-state index contributed by atoms with van der Waals surface area (Å²) in [4.78, 5) is 14.1. The number of carbonyl (C=O) groups is 1. The van der Waals surface area contributed by atoms with Crippen LogP contribution in [0.2, 0.25) is 0 Å². The van der Waals surface area contributed by atoms with E-state index in [1.807, 2.05) is 0 Å². The zero-order valence-corrected chi connectivity index (χ0v) is 16.6. The first-order valence-corrected chi connectivity index (χ1v) is 10.2. The normalized spacial score (nSPS) is 19.7. The van der Waals surface area contributed by atoms with E-state index in [-0.39, 0.29) is 33.9 Å². The molecule has 1 fully saturated rings. The van der Waals surface area contributed by atoms with Crippen LogP contribution < -0.4 is 10.5 Å². The maximum atomic E-state index is 13.9. The molecule has 3 N–H and O–H groups in total. The van der Waals surface area contributed by atoms with E-state index in [0.717, 1.165) is 31.0 Å². The Morgan fingerprint density at radius 2 is 1.92 bits per heavy atom. The van der Waals surface area contributed by atoms with Gasteiger partial charge in [0.15, 0.2) is 0 Å². The summed E-state index contributed by atoms with van der Waals surface area (Å²) in [5.74, 6) is -0.588. The molecule has 8 heteroatoms. The second-order valence-electron chi connectivity index (χ2n) is 8.63. The summed E-state index contributed by atoms with van der Waals surface area (Å²) >= 11 is 0. The molecule has 1 aromatic rings. The van der Waals surface area contributed by atoms with E-state index in [0.29, 0.717) is 13.1 Å². The standard InChI is InChI=1S/C18H28FN3O3S/c1-17(2)7-8-22(12-18(3,4)11-17)16(23)21-10-13-9-14(26(20,24)25)5-6-15(13)19/h5-6,9H,7-8,10-12H2,1-4H3,(H,21,23)(H2,20,24,25). The van der Waals surface area contributed by atoms with Crippen molar-refractivity contribution >= 4 is 16.1 Å². The van der Waals surface area contributed by atoms with Crippen LogP contribution in [0.4, 0.5) is 9.18 Å². The van der Waals surface area contributed by atoms with Gasteiger partial charge in [0, 0.05) is 25.2 Å². The van der Waals surface area contributed by atoms with Crippen LogP contribution in [0.25, 0.3) is 0 Å². The number of benzene rings is 1. The first-order chi connectivity index (χ1) is 11.8. The van der Waals surface area contributed by atoms with Gasteiger partial charge in [-0.05, 0) is 41.9 Å². The molecule has 0 spiro atoms. The summed E-state index contributed by atoms with van der Waals surface area (Å²) in [7, 11) is -3.92. The molecule has 1 aliphatic rings. The molecule has 26 heavy (non-hydrogen) atoms. The predicted octanol–water partition coefficient (Wildman–Crippen LogP) is 2.83. The summed E-state index contributed by atoms with van der Waals surface area (Å²) in [6.07, 6.45) is 1.90. The van der Waals surface area contributed by atoms with E-state index in [1.165, 1.54) is 0 Å². The Balaban J connectivity index is 2.09. The molecule has 0 unspecified atom stereocenters. The average Bonchev–Trinajstić information content (AvgIpc) is 2.59. The van der Waals surface area contributed by atoms with E-state index in [9.17, 15) is 17.6 Å². The minimum absolute atomic E-state index is 0.0177. The van der Waals surface area contributed by atoms with E-state index < -0.39 is 15.8 Å². The first kappa shape index (κ1) is 20.6. The molecule has 0 radical (unpaired) electrons. The smallest absolute Gasteiger partial charge is 0.317 e. The molecule has 1 heterocycles. The highest BCUT2D eigenvalue weighted by Gasteiger charge is 2.35. The van der Waals surface area contributed by atoms with Crippen molar-refractivity contribution in [2.45, 2.75) is 52.0 Å². The summed E-state index contributed by atoms with van der Waals surface area (Å²) in [6, 6.07) is 3.02. The van der Waals surface area contributed by atoms with Crippen molar-refractivity contribution in [2.24, 2.45) is 16.0 Å². The fourth-order valence-electron chi connectivity index (χ4n) is 3.79. The molecule has 1 aliphatic heterocycles. The number of nitrogens with one attached hydrogen (secondary N) is 1. The Bertz CT molecular complexity index is 791. The van der Waals surface area contributed by atoms with Crippen molar-refractivity contribution in [1.29, 1.82) is 0 Å². The summed E-state index contributed by atoms with van der Waals surface area (Å²) in [5.41, 5.74) is 0.212. The molecule has 1 saturated heterocycles. The Morgan fingerprint density at radius 3 is 2.54 bits per heavy atom. The Morgan fingerprint density at radius 1 is 1.27 bits per heavy atom. The van der Waals surface area contributed by atoms with Crippen molar-refractivity contribution in [2.75, 3.05) is 13.1 Å². The van der Waals surface area contributed by atoms with Crippen LogP contribution in [0.15, 0.2) is 23.1 Å². The highest BCUT2D eigenvalue weighted by Crippen LogP contribution is 2.39. The molecule has 146 valence electrons. The zero-order chi connectivity index (χ0) is 19.8. The monoisotopic (exact) mass is 385 g/mol. The van der Waals surface area contributed by atoms with Gasteiger partial charge in [-0.1, -0.05) is 27.7 Å². The molecule has 2 rings (SSSR count). The number of hydrogen-bond donors (Lipinski definition) is 2. The van der Waals surface area contributed by atoms with Crippen LogP contribution in [0, 0.1) is 16.6 Å². The van der Waals surface area contributed by atoms with Gasteiger partial charge in [-0.25, -0.2) is 22.7 Å². The molecule has 0 bridgehead atoms. The van der Waals surface area contributed by atoms with Gasteiger partial charge in [-0.15, -0.1) is 0 Å². The van der Waals surface area contributed by atoms with E-state index in [2.05, 4.69) is 33.0 Å². The number of halogens is 1. The van der Waals surface area contributed by atoms with Crippen molar-refractivity contribution in [3.8, 4) is 0 Å². The van der Waals surface area contributed by atoms with Crippen LogP contribution in [0.1, 0.15) is 46.1 Å². The fraction of sp³-hybridized carbons (Fsp3) is 0.611. The third kappa shape index (κ3) is 5.41. The number of urea groups is 1. The number of carbonyl (C=O) groups excluding carboxylic acids is 1. The molecule has 6 nitrogen and oxygen atoms in total. The minimum Gasteiger partial charge on any atom is -0.334 e. The second-order valence-corrected chi connectivity index (χ2v) is 10.2. The van der Waals surface area contributed by atoms with Gasteiger partial charge in [0.2, 0.25) is 10.0 Å². The van der Waals surface area contributed by atoms with E-state index in [1.54, 1.807) is 4.90 Å². The number of likely N-dealkylation sites (tertiary alicyclic amines) is 1. The molecule has 2 amide bonds. The maximum absolute atomic E-state index is 13.9. The van der Waals surface area contributed by atoms with Crippen molar-refractivity contribution in [3.05, 3.63) is 29.6 Å². The third-order valence-electron chi connectivity index (χ3n) is 4.70. The highest BCUT2D eigenvalue weighted by molar-refractivity contribution is 7.89. The van der Waals surface area contributed by atoms with Crippen LogP contribution in [-0.4, -0.2) is 32.4 Å². The predicted molar refractivity (Wildman–Crippen MR) is 98.4 cm³/mol. The average molecular weight is 386 g/mol. The molecule has 1 aromatic carbocycles. The van der Waals surface area contributed by atoms with E-state index >= 15 is 0 Å². The molecular weight excluding hydrogens is 357 g/mol.